The molecule has 108 valence electrons. The van der Waals surface area contributed by atoms with Gasteiger partial charge in [0.2, 0.25) is 10.0 Å². The standard InChI is InChI=1S/C12H17N5O2S/c1-9(12-14-8-15-16-12)17-20(18,19)7-11-5-3-2-4-10(11)6-13/h2-5,8-9,17H,6-7,13H2,1H3,(H,14,15,16). The molecule has 20 heavy (non-hydrogen) atoms. The second kappa shape index (κ2) is 6.12. The molecule has 2 aromatic rings. The van der Waals surface area contributed by atoms with E-state index in [0.29, 0.717) is 17.9 Å². The van der Waals surface area contributed by atoms with Gasteiger partial charge < -0.3 is 5.73 Å². The largest absolute Gasteiger partial charge is 0.326 e. The van der Waals surface area contributed by atoms with E-state index in [9.17, 15) is 8.42 Å². The van der Waals surface area contributed by atoms with Crippen molar-refractivity contribution < 1.29 is 8.42 Å². The number of hydrogen-bond acceptors (Lipinski definition) is 5. The van der Waals surface area contributed by atoms with Gasteiger partial charge in [-0.1, -0.05) is 24.3 Å². The number of nitrogens with one attached hydrogen (secondary N) is 2. The van der Waals surface area contributed by atoms with Crippen LogP contribution in [0.15, 0.2) is 30.6 Å². The number of rotatable bonds is 6. The smallest absolute Gasteiger partial charge is 0.216 e. The molecule has 8 heteroatoms. The highest BCUT2D eigenvalue weighted by molar-refractivity contribution is 7.88. The van der Waals surface area contributed by atoms with Gasteiger partial charge in [-0.2, -0.15) is 5.10 Å². The van der Waals surface area contributed by atoms with E-state index in [1.165, 1.54) is 6.33 Å². The van der Waals surface area contributed by atoms with Crippen LogP contribution in [0.2, 0.25) is 0 Å². The third kappa shape index (κ3) is 3.62. The van der Waals surface area contributed by atoms with E-state index in [1.54, 1.807) is 19.1 Å². The number of benzene rings is 1. The normalized spacial score (nSPS) is 13.3. The van der Waals surface area contributed by atoms with E-state index in [1.807, 2.05) is 12.1 Å². The predicted molar refractivity (Wildman–Crippen MR) is 74.9 cm³/mol. The fraction of sp³-hybridized carbons (Fsp3) is 0.333. The average Bonchev–Trinajstić information content (AvgIpc) is 2.92. The van der Waals surface area contributed by atoms with Gasteiger partial charge in [0, 0.05) is 6.54 Å². The van der Waals surface area contributed by atoms with Crippen LogP contribution in [-0.2, 0) is 22.3 Å². The lowest BCUT2D eigenvalue weighted by molar-refractivity contribution is 0.559. The fourth-order valence-electron chi connectivity index (χ4n) is 1.89. The first kappa shape index (κ1) is 14.6. The summed E-state index contributed by atoms with van der Waals surface area (Å²) in [6, 6.07) is 6.76. The molecule has 0 saturated carbocycles. The van der Waals surface area contributed by atoms with Crippen LogP contribution in [0, 0.1) is 0 Å². The Hall–Kier alpha value is -1.77. The molecule has 1 atom stereocenters. The summed E-state index contributed by atoms with van der Waals surface area (Å²) in [5, 5.41) is 6.34. The van der Waals surface area contributed by atoms with E-state index >= 15 is 0 Å². The molecular weight excluding hydrogens is 278 g/mol. The molecule has 1 heterocycles. The van der Waals surface area contributed by atoms with E-state index in [-0.39, 0.29) is 5.75 Å². The first-order valence-electron chi connectivity index (χ1n) is 6.14. The number of aromatic amines is 1. The molecule has 0 amide bonds. The first-order chi connectivity index (χ1) is 9.52. The van der Waals surface area contributed by atoms with Crippen LogP contribution in [0.4, 0.5) is 0 Å². The van der Waals surface area contributed by atoms with Crippen LogP contribution in [0.5, 0.6) is 0 Å². The third-order valence-electron chi connectivity index (χ3n) is 2.88. The quantitative estimate of drug-likeness (QED) is 0.715. The lowest BCUT2D eigenvalue weighted by atomic mass is 10.1. The van der Waals surface area contributed by atoms with E-state index in [2.05, 4.69) is 19.9 Å². The minimum absolute atomic E-state index is 0.112. The summed E-state index contributed by atoms with van der Waals surface area (Å²) in [6.07, 6.45) is 1.34. The Bertz CT molecular complexity index is 654. The highest BCUT2D eigenvalue weighted by Crippen LogP contribution is 2.14. The summed E-state index contributed by atoms with van der Waals surface area (Å²) in [7, 11) is -3.49. The average molecular weight is 295 g/mol. The van der Waals surface area contributed by atoms with Crippen molar-refractivity contribution in [2.75, 3.05) is 0 Å². The Morgan fingerprint density at radius 1 is 1.35 bits per heavy atom. The molecule has 0 aliphatic heterocycles. The summed E-state index contributed by atoms with van der Waals surface area (Å²) >= 11 is 0. The SMILES string of the molecule is CC(NS(=O)(=O)Cc1ccccc1CN)c1ncn[nH]1. The van der Waals surface area contributed by atoms with Gasteiger partial charge in [-0.25, -0.2) is 18.1 Å². The lowest BCUT2D eigenvalue weighted by Gasteiger charge is -2.13. The van der Waals surface area contributed by atoms with Gasteiger partial charge in [-0.3, -0.25) is 5.10 Å². The van der Waals surface area contributed by atoms with Gasteiger partial charge >= 0.3 is 0 Å². The Morgan fingerprint density at radius 2 is 2.05 bits per heavy atom. The van der Waals surface area contributed by atoms with Gasteiger partial charge in [-0.05, 0) is 18.1 Å². The topological polar surface area (TPSA) is 114 Å². The molecule has 1 aromatic heterocycles. The summed E-state index contributed by atoms with van der Waals surface area (Å²) in [4.78, 5) is 3.93. The summed E-state index contributed by atoms with van der Waals surface area (Å²) in [5.41, 5.74) is 7.13. The second-order valence-electron chi connectivity index (χ2n) is 4.44. The molecule has 0 radical (unpaired) electrons. The fourth-order valence-corrected chi connectivity index (χ4v) is 3.32. The van der Waals surface area contributed by atoms with Gasteiger partial charge in [0.25, 0.3) is 0 Å². The maximum absolute atomic E-state index is 12.2. The number of nitrogens with zero attached hydrogens (tertiary/aromatic N) is 2. The maximum Gasteiger partial charge on any atom is 0.216 e. The molecule has 0 saturated heterocycles. The third-order valence-corrected chi connectivity index (χ3v) is 4.29. The summed E-state index contributed by atoms with van der Waals surface area (Å²) in [6.45, 7) is 2.01. The monoisotopic (exact) mass is 295 g/mol. The highest BCUT2D eigenvalue weighted by Gasteiger charge is 2.19. The molecule has 4 N–H and O–H groups in total. The number of H-pyrrole nitrogens is 1. The molecule has 0 aliphatic rings. The lowest BCUT2D eigenvalue weighted by Crippen LogP contribution is -2.29. The molecule has 1 unspecified atom stereocenters. The first-order valence-corrected chi connectivity index (χ1v) is 7.79. The zero-order valence-electron chi connectivity index (χ0n) is 11.1. The van der Waals surface area contributed by atoms with Crippen molar-refractivity contribution in [3.8, 4) is 0 Å². The van der Waals surface area contributed by atoms with Crippen LogP contribution in [0.1, 0.15) is 29.9 Å². The van der Waals surface area contributed by atoms with Crippen molar-refractivity contribution in [1.29, 1.82) is 0 Å². The van der Waals surface area contributed by atoms with Crippen molar-refractivity contribution in [3.63, 3.8) is 0 Å². The zero-order chi connectivity index (χ0) is 14.6. The molecule has 0 aliphatic carbocycles. The molecule has 0 spiro atoms. The van der Waals surface area contributed by atoms with Crippen LogP contribution in [-0.4, -0.2) is 23.6 Å². The van der Waals surface area contributed by atoms with Crippen molar-refractivity contribution in [1.82, 2.24) is 19.9 Å². The maximum atomic E-state index is 12.2. The van der Waals surface area contributed by atoms with E-state index < -0.39 is 16.1 Å². The van der Waals surface area contributed by atoms with Crippen LogP contribution < -0.4 is 10.5 Å². The molecule has 0 fully saturated rings. The van der Waals surface area contributed by atoms with Gasteiger partial charge in [0.05, 0.1) is 11.8 Å². The predicted octanol–water partition coefficient (Wildman–Crippen LogP) is 0.444. The molecule has 2 rings (SSSR count). The molecular formula is C12H17N5O2S. The Balaban J connectivity index is 2.11. The summed E-state index contributed by atoms with van der Waals surface area (Å²) in [5.74, 6) is 0.361. The minimum atomic E-state index is -3.49. The second-order valence-corrected chi connectivity index (χ2v) is 6.20. The van der Waals surface area contributed by atoms with Crippen LogP contribution in [0.3, 0.4) is 0 Å². The molecule has 0 bridgehead atoms. The Morgan fingerprint density at radius 3 is 2.65 bits per heavy atom. The van der Waals surface area contributed by atoms with Crippen LogP contribution in [0.25, 0.3) is 0 Å². The van der Waals surface area contributed by atoms with Gasteiger partial charge in [0.15, 0.2) is 0 Å². The minimum Gasteiger partial charge on any atom is -0.326 e. The van der Waals surface area contributed by atoms with Crippen LogP contribution >= 0.6 is 0 Å². The number of hydrogen-bond donors (Lipinski definition) is 3. The van der Waals surface area contributed by atoms with E-state index in [4.69, 9.17) is 5.73 Å². The Kier molecular flexibility index (Phi) is 4.48. The Labute approximate surface area is 117 Å². The van der Waals surface area contributed by atoms with Gasteiger partial charge in [0.1, 0.15) is 12.2 Å². The number of aromatic nitrogens is 3. The van der Waals surface area contributed by atoms with Gasteiger partial charge in [-0.15, -0.1) is 0 Å². The number of nitrogens with two attached hydrogens (primary N) is 1. The van der Waals surface area contributed by atoms with Crippen molar-refractivity contribution >= 4 is 10.0 Å². The zero-order valence-corrected chi connectivity index (χ0v) is 11.9. The highest BCUT2D eigenvalue weighted by atomic mass is 32.2. The van der Waals surface area contributed by atoms with Crippen molar-refractivity contribution in [2.45, 2.75) is 25.3 Å². The van der Waals surface area contributed by atoms with Crippen molar-refractivity contribution in [2.24, 2.45) is 5.73 Å². The molecule has 1 aromatic carbocycles. The summed E-state index contributed by atoms with van der Waals surface area (Å²) < 4.78 is 26.9. The van der Waals surface area contributed by atoms with E-state index in [0.717, 1.165) is 5.56 Å². The molecule has 7 nitrogen and oxygen atoms in total. The number of sulfonamides is 1. The van der Waals surface area contributed by atoms with Crippen molar-refractivity contribution in [3.05, 3.63) is 47.5 Å².